The van der Waals surface area contributed by atoms with Gasteiger partial charge >= 0.3 is 6.18 Å². The van der Waals surface area contributed by atoms with Crippen molar-refractivity contribution in [1.29, 1.82) is 0 Å². The van der Waals surface area contributed by atoms with E-state index in [4.69, 9.17) is 15.9 Å². The van der Waals surface area contributed by atoms with E-state index >= 15 is 0 Å². The highest BCUT2D eigenvalue weighted by molar-refractivity contribution is 5.82. The molecule has 21 heavy (non-hydrogen) atoms. The van der Waals surface area contributed by atoms with E-state index in [1.54, 1.807) is 0 Å². The van der Waals surface area contributed by atoms with Gasteiger partial charge < -0.3 is 20.8 Å². The fraction of sp³-hybridized carbons (Fsp3) is 0.462. The topological polar surface area (TPSA) is 86.8 Å². The van der Waals surface area contributed by atoms with Crippen LogP contribution in [0, 0.1) is 0 Å². The predicted octanol–water partition coefficient (Wildman–Crippen LogP) is 0.645. The lowest BCUT2D eigenvalue weighted by molar-refractivity contribution is -0.162. The Morgan fingerprint density at radius 1 is 1.29 bits per heavy atom. The van der Waals surface area contributed by atoms with Crippen LogP contribution in [0.2, 0.25) is 0 Å². The Bertz CT molecular complexity index is 463. The molecule has 1 amide bonds. The van der Waals surface area contributed by atoms with Crippen molar-refractivity contribution in [2.45, 2.75) is 18.6 Å². The number of hydrogen-bond donors (Lipinski definition) is 3. The molecule has 4 N–H and O–H groups in total. The number of alkyl halides is 3. The molecule has 1 rings (SSSR count). The van der Waals surface area contributed by atoms with Gasteiger partial charge in [0, 0.05) is 6.54 Å². The fourth-order valence-corrected chi connectivity index (χ4v) is 1.81. The minimum Gasteiger partial charge on any atom is -0.508 e. The third-order valence-electron chi connectivity index (χ3n) is 2.76. The van der Waals surface area contributed by atoms with E-state index in [-0.39, 0.29) is 12.2 Å². The number of amides is 1. The number of phenolic OH excluding ortho intramolecular Hbond substituents is 1. The Balaban J connectivity index is 2.71. The zero-order valence-corrected chi connectivity index (χ0v) is 11.2. The molecule has 8 heteroatoms. The smallest absolute Gasteiger partial charge is 0.406 e. The number of halogens is 3. The van der Waals surface area contributed by atoms with E-state index in [0.717, 1.165) is 0 Å². The van der Waals surface area contributed by atoms with Crippen molar-refractivity contribution in [3.8, 4) is 5.75 Å². The molecule has 0 saturated heterocycles. The standard InChI is InChI=1S/C13H17F3N2O3/c14-13(15,16)8-18(5-6-19)12(21)11(17)7-9-1-3-10(20)4-2-9/h1-4,11,19-20H,5-8,17H2/t11-/m0/s1. The zero-order chi connectivity index (χ0) is 16.0. The van der Waals surface area contributed by atoms with Gasteiger partial charge in [-0.2, -0.15) is 13.2 Å². The quantitative estimate of drug-likeness (QED) is 0.720. The van der Waals surface area contributed by atoms with E-state index in [0.29, 0.717) is 10.5 Å². The minimum absolute atomic E-state index is 0.0395. The molecule has 1 aromatic rings. The second kappa shape index (κ2) is 7.28. The van der Waals surface area contributed by atoms with Gasteiger partial charge in [0.05, 0.1) is 12.6 Å². The van der Waals surface area contributed by atoms with Crippen molar-refractivity contribution in [3.05, 3.63) is 29.8 Å². The second-order valence-corrected chi connectivity index (χ2v) is 4.58. The number of carbonyl (C=O) groups excluding carboxylic acids is 1. The van der Waals surface area contributed by atoms with Crippen LogP contribution >= 0.6 is 0 Å². The van der Waals surface area contributed by atoms with Gasteiger partial charge in [-0.25, -0.2) is 0 Å². The van der Waals surface area contributed by atoms with Gasteiger partial charge in [0.1, 0.15) is 12.3 Å². The first-order valence-electron chi connectivity index (χ1n) is 6.23. The van der Waals surface area contributed by atoms with Crippen molar-refractivity contribution in [2.24, 2.45) is 5.73 Å². The Kier molecular flexibility index (Phi) is 5.98. The van der Waals surface area contributed by atoms with Crippen LogP contribution in [-0.2, 0) is 11.2 Å². The molecule has 0 fully saturated rings. The highest BCUT2D eigenvalue weighted by Gasteiger charge is 2.34. The summed E-state index contributed by atoms with van der Waals surface area (Å²) in [6.45, 7) is -2.45. The average molecular weight is 306 g/mol. The zero-order valence-electron chi connectivity index (χ0n) is 11.2. The summed E-state index contributed by atoms with van der Waals surface area (Å²) in [6.07, 6.45) is -4.51. The maximum atomic E-state index is 12.4. The molecule has 118 valence electrons. The molecule has 0 unspecified atom stereocenters. The molecule has 1 atom stereocenters. The minimum atomic E-state index is -4.55. The molecule has 0 aromatic heterocycles. The van der Waals surface area contributed by atoms with Crippen LogP contribution in [0.1, 0.15) is 5.56 Å². The number of carbonyl (C=O) groups is 1. The molecule has 0 spiro atoms. The van der Waals surface area contributed by atoms with E-state index < -0.39 is 37.8 Å². The Hall–Kier alpha value is -1.80. The molecular formula is C13H17F3N2O3. The number of benzene rings is 1. The first kappa shape index (κ1) is 17.3. The molecule has 0 aliphatic rings. The Labute approximate surface area is 119 Å². The summed E-state index contributed by atoms with van der Waals surface area (Å²) < 4.78 is 37.1. The number of nitrogens with two attached hydrogens (primary N) is 1. The predicted molar refractivity (Wildman–Crippen MR) is 69.5 cm³/mol. The molecule has 1 aromatic carbocycles. The largest absolute Gasteiger partial charge is 0.508 e. The second-order valence-electron chi connectivity index (χ2n) is 4.58. The van der Waals surface area contributed by atoms with Gasteiger partial charge in [0.15, 0.2) is 0 Å². The first-order valence-corrected chi connectivity index (χ1v) is 6.23. The number of aliphatic hydroxyl groups excluding tert-OH is 1. The maximum Gasteiger partial charge on any atom is 0.406 e. The number of rotatable bonds is 6. The lowest BCUT2D eigenvalue weighted by Crippen LogP contribution is -2.49. The van der Waals surface area contributed by atoms with Gasteiger partial charge in [-0.15, -0.1) is 0 Å². The number of nitrogens with zero attached hydrogens (tertiary/aromatic N) is 1. The molecule has 0 bridgehead atoms. The summed E-state index contributed by atoms with van der Waals surface area (Å²) in [7, 11) is 0. The van der Waals surface area contributed by atoms with Gasteiger partial charge in [-0.1, -0.05) is 12.1 Å². The third kappa shape index (κ3) is 6.01. The van der Waals surface area contributed by atoms with E-state index in [1.807, 2.05) is 0 Å². The van der Waals surface area contributed by atoms with Crippen LogP contribution < -0.4 is 5.73 Å². The molecular weight excluding hydrogens is 289 g/mol. The van der Waals surface area contributed by atoms with Gasteiger partial charge in [-0.3, -0.25) is 4.79 Å². The highest BCUT2D eigenvalue weighted by atomic mass is 19.4. The summed E-state index contributed by atoms with van der Waals surface area (Å²) in [4.78, 5) is 12.4. The van der Waals surface area contributed by atoms with Crippen molar-refractivity contribution in [3.63, 3.8) is 0 Å². The van der Waals surface area contributed by atoms with Crippen molar-refractivity contribution >= 4 is 5.91 Å². The monoisotopic (exact) mass is 306 g/mol. The van der Waals surface area contributed by atoms with Crippen LogP contribution in [0.3, 0.4) is 0 Å². The third-order valence-corrected chi connectivity index (χ3v) is 2.76. The van der Waals surface area contributed by atoms with Crippen molar-refractivity contribution < 1.29 is 28.2 Å². The number of hydrogen-bond acceptors (Lipinski definition) is 4. The summed E-state index contributed by atoms with van der Waals surface area (Å²) in [5.41, 5.74) is 6.25. The van der Waals surface area contributed by atoms with Crippen molar-refractivity contribution in [1.82, 2.24) is 4.90 Å². The van der Waals surface area contributed by atoms with Crippen LogP contribution in [-0.4, -0.2) is 52.9 Å². The average Bonchev–Trinajstić information content (AvgIpc) is 2.38. The first-order chi connectivity index (χ1) is 9.73. The number of aromatic hydroxyl groups is 1. The van der Waals surface area contributed by atoms with Crippen LogP contribution in [0.4, 0.5) is 13.2 Å². The summed E-state index contributed by atoms with van der Waals surface area (Å²) in [5, 5.41) is 17.9. The van der Waals surface area contributed by atoms with E-state index in [9.17, 15) is 18.0 Å². The summed E-state index contributed by atoms with van der Waals surface area (Å²) in [6, 6.07) is 4.70. The molecule has 0 saturated carbocycles. The fourth-order valence-electron chi connectivity index (χ4n) is 1.81. The molecule has 0 heterocycles. The van der Waals surface area contributed by atoms with Gasteiger partial charge in [-0.05, 0) is 24.1 Å². The van der Waals surface area contributed by atoms with E-state index in [2.05, 4.69) is 0 Å². The van der Waals surface area contributed by atoms with Crippen LogP contribution in [0.5, 0.6) is 5.75 Å². The molecule has 0 aliphatic carbocycles. The lowest BCUT2D eigenvalue weighted by Gasteiger charge is -2.26. The normalized spacial score (nSPS) is 13.0. The Morgan fingerprint density at radius 2 is 1.86 bits per heavy atom. The number of aliphatic hydroxyl groups is 1. The highest BCUT2D eigenvalue weighted by Crippen LogP contribution is 2.17. The maximum absolute atomic E-state index is 12.4. The van der Waals surface area contributed by atoms with Crippen LogP contribution in [0.15, 0.2) is 24.3 Å². The molecule has 0 aliphatic heterocycles. The van der Waals surface area contributed by atoms with Crippen molar-refractivity contribution in [2.75, 3.05) is 19.7 Å². The van der Waals surface area contributed by atoms with Gasteiger partial charge in [0.2, 0.25) is 5.91 Å². The van der Waals surface area contributed by atoms with Gasteiger partial charge in [0.25, 0.3) is 0 Å². The van der Waals surface area contributed by atoms with Crippen LogP contribution in [0.25, 0.3) is 0 Å². The number of phenols is 1. The summed E-state index contributed by atoms with van der Waals surface area (Å²) in [5.74, 6) is -0.841. The summed E-state index contributed by atoms with van der Waals surface area (Å²) >= 11 is 0. The Morgan fingerprint density at radius 3 is 2.33 bits per heavy atom. The lowest BCUT2D eigenvalue weighted by atomic mass is 10.1. The molecule has 5 nitrogen and oxygen atoms in total. The molecule has 0 radical (unpaired) electrons. The SMILES string of the molecule is N[C@@H](Cc1ccc(O)cc1)C(=O)N(CCO)CC(F)(F)F. The van der Waals surface area contributed by atoms with E-state index in [1.165, 1.54) is 24.3 Å².